The number of nitriles is 1. The summed E-state index contributed by atoms with van der Waals surface area (Å²) >= 11 is 0. The number of hydrogen-bond acceptors (Lipinski definition) is 3. The van der Waals surface area contributed by atoms with Crippen molar-refractivity contribution in [1.29, 1.82) is 5.26 Å². The quantitative estimate of drug-likeness (QED) is 0.686. The molecular formula is C16H31N3. The molecule has 1 aliphatic heterocycles. The van der Waals surface area contributed by atoms with E-state index in [0.29, 0.717) is 0 Å². The molecule has 3 nitrogen and oxygen atoms in total. The molecule has 0 aromatic heterocycles. The molecule has 1 fully saturated rings. The molecule has 1 N–H and O–H groups in total. The SMILES string of the molecule is CNCCC1CCN(CCCCC(C)(C)C#N)CC1. The van der Waals surface area contributed by atoms with Gasteiger partial charge in [-0.1, -0.05) is 6.42 Å². The molecule has 0 aromatic rings. The lowest BCUT2D eigenvalue weighted by molar-refractivity contribution is 0.175. The summed E-state index contributed by atoms with van der Waals surface area (Å²) < 4.78 is 0. The molecule has 0 bridgehead atoms. The Morgan fingerprint density at radius 1 is 1.26 bits per heavy atom. The van der Waals surface area contributed by atoms with Gasteiger partial charge >= 0.3 is 0 Å². The third-order valence-corrected chi connectivity index (χ3v) is 4.34. The van der Waals surface area contributed by atoms with Crippen LogP contribution in [0.4, 0.5) is 0 Å². The van der Waals surface area contributed by atoms with Crippen LogP contribution in [0.1, 0.15) is 52.4 Å². The zero-order chi connectivity index (χ0) is 14.1. The smallest absolute Gasteiger partial charge is 0.0683 e. The fourth-order valence-corrected chi connectivity index (χ4v) is 2.81. The molecule has 3 heteroatoms. The third kappa shape index (κ3) is 6.94. The van der Waals surface area contributed by atoms with Crippen LogP contribution in [0, 0.1) is 22.7 Å². The van der Waals surface area contributed by atoms with Crippen molar-refractivity contribution in [3.8, 4) is 6.07 Å². The average Bonchev–Trinajstić information content (AvgIpc) is 2.42. The Kier molecular flexibility index (Phi) is 7.41. The molecule has 0 aromatic carbocycles. The molecule has 0 atom stereocenters. The van der Waals surface area contributed by atoms with Gasteiger partial charge in [-0.05, 0) is 85.1 Å². The molecule has 0 spiro atoms. The Bertz CT molecular complexity index is 272. The summed E-state index contributed by atoms with van der Waals surface area (Å²) in [6.07, 6.45) is 7.52. The highest BCUT2D eigenvalue weighted by molar-refractivity contribution is 4.91. The predicted molar refractivity (Wildman–Crippen MR) is 81.0 cm³/mol. The van der Waals surface area contributed by atoms with E-state index >= 15 is 0 Å². The topological polar surface area (TPSA) is 39.1 Å². The summed E-state index contributed by atoms with van der Waals surface area (Å²) in [5.41, 5.74) is -0.139. The fraction of sp³-hybridized carbons (Fsp3) is 0.938. The maximum atomic E-state index is 8.98. The molecule has 0 aliphatic carbocycles. The van der Waals surface area contributed by atoms with Gasteiger partial charge in [0.1, 0.15) is 0 Å². The largest absolute Gasteiger partial charge is 0.320 e. The first-order chi connectivity index (χ1) is 9.07. The van der Waals surface area contributed by atoms with Crippen LogP contribution in [-0.2, 0) is 0 Å². The highest BCUT2D eigenvalue weighted by atomic mass is 15.1. The molecule has 1 saturated heterocycles. The summed E-state index contributed by atoms with van der Waals surface area (Å²) in [6.45, 7) is 9.01. The zero-order valence-corrected chi connectivity index (χ0v) is 13.0. The summed E-state index contributed by atoms with van der Waals surface area (Å²) in [6, 6.07) is 2.39. The number of nitrogens with zero attached hydrogens (tertiary/aromatic N) is 2. The highest BCUT2D eigenvalue weighted by Crippen LogP contribution is 2.23. The van der Waals surface area contributed by atoms with Gasteiger partial charge in [-0.2, -0.15) is 5.26 Å². The summed E-state index contributed by atoms with van der Waals surface area (Å²) in [5.74, 6) is 0.932. The van der Waals surface area contributed by atoms with Gasteiger partial charge in [-0.3, -0.25) is 0 Å². The molecule has 0 amide bonds. The monoisotopic (exact) mass is 265 g/mol. The lowest BCUT2D eigenvalue weighted by atomic mass is 9.89. The summed E-state index contributed by atoms with van der Waals surface area (Å²) in [4.78, 5) is 2.61. The second-order valence-corrected chi connectivity index (χ2v) is 6.63. The van der Waals surface area contributed by atoms with Crippen LogP contribution in [0.25, 0.3) is 0 Å². The van der Waals surface area contributed by atoms with E-state index in [-0.39, 0.29) is 5.41 Å². The summed E-state index contributed by atoms with van der Waals surface area (Å²) in [7, 11) is 2.04. The van der Waals surface area contributed by atoms with Crippen molar-refractivity contribution in [2.75, 3.05) is 33.2 Å². The van der Waals surface area contributed by atoms with E-state index < -0.39 is 0 Å². The second kappa shape index (κ2) is 8.55. The standard InChI is InChI=1S/C16H31N3/c1-16(2,14-17)9-4-5-11-19-12-7-15(8-13-19)6-10-18-3/h15,18H,4-13H2,1-3H3. The number of hydrogen-bond donors (Lipinski definition) is 1. The molecule has 0 saturated carbocycles. The number of piperidine rings is 1. The van der Waals surface area contributed by atoms with Crippen LogP contribution in [0.5, 0.6) is 0 Å². The molecule has 1 heterocycles. The van der Waals surface area contributed by atoms with E-state index in [1.165, 1.54) is 51.7 Å². The maximum absolute atomic E-state index is 8.98. The lowest BCUT2D eigenvalue weighted by Gasteiger charge is -2.32. The van der Waals surface area contributed by atoms with Crippen molar-refractivity contribution in [3.05, 3.63) is 0 Å². The van der Waals surface area contributed by atoms with E-state index in [0.717, 1.165) is 18.9 Å². The molecule has 1 aliphatic rings. The van der Waals surface area contributed by atoms with Crippen LogP contribution < -0.4 is 5.32 Å². The van der Waals surface area contributed by atoms with Crippen molar-refractivity contribution < 1.29 is 0 Å². The van der Waals surface area contributed by atoms with Crippen molar-refractivity contribution in [2.24, 2.45) is 11.3 Å². The predicted octanol–water partition coefficient (Wildman–Crippen LogP) is 3.03. The van der Waals surface area contributed by atoms with Gasteiger partial charge in [0.05, 0.1) is 11.5 Å². The first-order valence-corrected chi connectivity index (χ1v) is 7.85. The van der Waals surface area contributed by atoms with Crippen molar-refractivity contribution >= 4 is 0 Å². The maximum Gasteiger partial charge on any atom is 0.0683 e. The first-order valence-electron chi connectivity index (χ1n) is 7.85. The van der Waals surface area contributed by atoms with Crippen LogP contribution >= 0.6 is 0 Å². The molecule has 0 radical (unpaired) electrons. The minimum absolute atomic E-state index is 0.139. The normalized spacial score (nSPS) is 18.4. The van der Waals surface area contributed by atoms with Crippen LogP contribution in [0.15, 0.2) is 0 Å². The third-order valence-electron chi connectivity index (χ3n) is 4.34. The molecule has 0 unspecified atom stereocenters. The fourth-order valence-electron chi connectivity index (χ4n) is 2.81. The number of unbranched alkanes of at least 4 members (excludes halogenated alkanes) is 1. The van der Waals surface area contributed by atoms with Gasteiger partial charge in [-0.15, -0.1) is 0 Å². The number of rotatable bonds is 8. The van der Waals surface area contributed by atoms with Crippen LogP contribution in [0.2, 0.25) is 0 Å². The number of likely N-dealkylation sites (tertiary alicyclic amines) is 1. The number of nitrogens with one attached hydrogen (secondary N) is 1. The first kappa shape index (κ1) is 16.5. The average molecular weight is 265 g/mol. The van der Waals surface area contributed by atoms with E-state index in [9.17, 15) is 0 Å². The Balaban J connectivity index is 2.05. The van der Waals surface area contributed by atoms with Gasteiger partial charge in [0.15, 0.2) is 0 Å². The van der Waals surface area contributed by atoms with Crippen LogP contribution in [0.3, 0.4) is 0 Å². The minimum Gasteiger partial charge on any atom is -0.320 e. The lowest BCUT2D eigenvalue weighted by Crippen LogP contribution is -2.35. The van der Waals surface area contributed by atoms with Crippen LogP contribution in [-0.4, -0.2) is 38.1 Å². The van der Waals surface area contributed by atoms with Gasteiger partial charge in [-0.25, -0.2) is 0 Å². The van der Waals surface area contributed by atoms with E-state index in [4.69, 9.17) is 5.26 Å². The van der Waals surface area contributed by atoms with E-state index in [1.807, 2.05) is 20.9 Å². The van der Waals surface area contributed by atoms with E-state index in [1.54, 1.807) is 0 Å². The van der Waals surface area contributed by atoms with Gasteiger partial charge in [0.2, 0.25) is 0 Å². The van der Waals surface area contributed by atoms with Gasteiger partial charge < -0.3 is 10.2 Å². The molecule has 19 heavy (non-hydrogen) atoms. The van der Waals surface area contributed by atoms with E-state index in [2.05, 4.69) is 16.3 Å². The second-order valence-electron chi connectivity index (χ2n) is 6.63. The van der Waals surface area contributed by atoms with Crippen molar-refractivity contribution in [1.82, 2.24) is 10.2 Å². The summed E-state index contributed by atoms with van der Waals surface area (Å²) in [5, 5.41) is 12.2. The van der Waals surface area contributed by atoms with Crippen molar-refractivity contribution in [3.63, 3.8) is 0 Å². The molecule has 1 rings (SSSR count). The molecule has 110 valence electrons. The minimum atomic E-state index is -0.139. The van der Waals surface area contributed by atoms with Gasteiger partial charge in [0, 0.05) is 0 Å². The Labute approximate surface area is 119 Å². The molecular weight excluding hydrogens is 234 g/mol. The Morgan fingerprint density at radius 2 is 1.95 bits per heavy atom. The van der Waals surface area contributed by atoms with Crippen molar-refractivity contribution in [2.45, 2.75) is 52.4 Å². The highest BCUT2D eigenvalue weighted by Gasteiger charge is 2.19. The van der Waals surface area contributed by atoms with Gasteiger partial charge in [0.25, 0.3) is 0 Å². The Morgan fingerprint density at radius 3 is 2.53 bits per heavy atom. The zero-order valence-electron chi connectivity index (χ0n) is 13.0. The Hall–Kier alpha value is -0.590.